The Morgan fingerprint density at radius 3 is 2.58 bits per heavy atom. The summed E-state index contributed by atoms with van der Waals surface area (Å²) >= 11 is 1.54. The first-order valence-corrected chi connectivity index (χ1v) is 7.65. The summed E-state index contributed by atoms with van der Waals surface area (Å²) < 4.78 is 4.48. The molecule has 1 aliphatic carbocycles. The highest BCUT2D eigenvalue weighted by Crippen LogP contribution is 2.34. The van der Waals surface area contributed by atoms with E-state index in [0.29, 0.717) is 12.0 Å². The topological polar surface area (TPSA) is 29.0 Å². The van der Waals surface area contributed by atoms with E-state index in [1.807, 2.05) is 0 Å². The van der Waals surface area contributed by atoms with Crippen LogP contribution in [0.25, 0.3) is 0 Å². The SMILES string of the molecule is CC(C)c1nsc(N(Cc2ccccc2)C2CC2)n1. The summed E-state index contributed by atoms with van der Waals surface area (Å²) in [5.41, 5.74) is 1.34. The van der Waals surface area contributed by atoms with Gasteiger partial charge in [-0.2, -0.15) is 4.37 Å². The maximum Gasteiger partial charge on any atom is 0.205 e. The van der Waals surface area contributed by atoms with Crippen molar-refractivity contribution in [2.75, 3.05) is 4.90 Å². The lowest BCUT2D eigenvalue weighted by molar-refractivity contribution is 0.763. The highest BCUT2D eigenvalue weighted by molar-refractivity contribution is 7.09. The Kier molecular flexibility index (Phi) is 3.51. The molecular weight excluding hydrogens is 254 g/mol. The van der Waals surface area contributed by atoms with E-state index in [-0.39, 0.29) is 0 Å². The van der Waals surface area contributed by atoms with Gasteiger partial charge in [-0.05, 0) is 18.4 Å². The Hall–Kier alpha value is -1.42. The monoisotopic (exact) mass is 273 g/mol. The van der Waals surface area contributed by atoms with Crippen molar-refractivity contribution in [2.24, 2.45) is 0 Å². The predicted molar refractivity (Wildman–Crippen MR) is 79.6 cm³/mol. The average Bonchev–Trinajstić information content (AvgIpc) is 3.13. The van der Waals surface area contributed by atoms with Crippen LogP contribution in [0.15, 0.2) is 30.3 Å². The largest absolute Gasteiger partial charge is 0.340 e. The Bertz CT molecular complexity index is 531. The summed E-state index contributed by atoms with van der Waals surface area (Å²) in [6, 6.07) is 11.3. The summed E-state index contributed by atoms with van der Waals surface area (Å²) in [6.07, 6.45) is 2.56. The zero-order valence-electron chi connectivity index (χ0n) is 11.4. The molecule has 1 aliphatic rings. The molecule has 0 radical (unpaired) electrons. The number of hydrogen-bond donors (Lipinski definition) is 0. The van der Waals surface area contributed by atoms with Gasteiger partial charge in [0, 0.05) is 30.0 Å². The lowest BCUT2D eigenvalue weighted by Crippen LogP contribution is -2.24. The lowest BCUT2D eigenvalue weighted by Gasteiger charge is -2.21. The van der Waals surface area contributed by atoms with Crippen LogP contribution in [0.4, 0.5) is 5.13 Å². The van der Waals surface area contributed by atoms with Crippen LogP contribution >= 0.6 is 11.5 Å². The first-order valence-electron chi connectivity index (χ1n) is 6.88. The molecule has 1 heterocycles. The van der Waals surface area contributed by atoms with Crippen molar-refractivity contribution < 1.29 is 0 Å². The van der Waals surface area contributed by atoms with E-state index in [1.54, 1.807) is 0 Å². The smallest absolute Gasteiger partial charge is 0.205 e. The molecule has 4 heteroatoms. The van der Waals surface area contributed by atoms with Crippen LogP contribution < -0.4 is 4.90 Å². The van der Waals surface area contributed by atoms with Crippen LogP contribution in [0.2, 0.25) is 0 Å². The Morgan fingerprint density at radius 1 is 1.26 bits per heavy atom. The highest BCUT2D eigenvalue weighted by Gasteiger charge is 2.31. The van der Waals surface area contributed by atoms with Crippen molar-refractivity contribution in [1.82, 2.24) is 9.36 Å². The quantitative estimate of drug-likeness (QED) is 0.829. The fourth-order valence-corrected chi connectivity index (χ4v) is 2.98. The summed E-state index contributed by atoms with van der Waals surface area (Å²) in [5, 5.41) is 1.08. The van der Waals surface area contributed by atoms with Crippen LogP contribution in [0.5, 0.6) is 0 Å². The molecule has 1 saturated carbocycles. The van der Waals surface area contributed by atoms with E-state index in [1.165, 1.54) is 29.9 Å². The number of benzene rings is 1. The number of rotatable bonds is 5. The molecule has 1 aromatic carbocycles. The van der Waals surface area contributed by atoms with Gasteiger partial charge in [-0.25, -0.2) is 4.98 Å². The molecule has 0 amide bonds. The zero-order chi connectivity index (χ0) is 13.2. The first kappa shape index (κ1) is 12.6. The van der Waals surface area contributed by atoms with Crippen molar-refractivity contribution in [3.05, 3.63) is 41.7 Å². The average molecular weight is 273 g/mol. The van der Waals surface area contributed by atoms with E-state index in [2.05, 4.69) is 53.5 Å². The van der Waals surface area contributed by atoms with Crippen molar-refractivity contribution in [1.29, 1.82) is 0 Å². The molecule has 1 aromatic heterocycles. The first-order chi connectivity index (χ1) is 9.24. The lowest BCUT2D eigenvalue weighted by atomic mass is 10.2. The van der Waals surface area contributed by atoms with E-state index in [4.69, 9.17) is 4.98 Å². The van der Waals surface area contributed by atoms with Crippen LogP contribution in [0.3, 0.4) is 0 Å². The maximum absolute atomic E-state index is 4.70. The fourth-order valence-electron chi connectivity index (χ4n) is 2.10. The third-order valence-corrected chi connectivity index (χ3v) is 4.14. The summed E-state index contributed by atoms with van der Waals surface area (Å²) in [7, 11) is 0. The van der Waals surface area contributed by atoms with Gasteiger partial charge in [0.1, 0.15) is 5.82 Å². The van der Waals surface area contributed by atoms with Crippen molar-refractivity contribution in [2.45, 2.75) is 45.2 Å². The molecular formula is C15H19N3S. The van der Waals surface area contributed by atoms with Crippen molar-refractivity contribution >= 4 is 16.7 Å². The second-order valence-corrected chi connectivity index (χ2v) is 6.16. The summed E-state index contributed by atoms with van der Waals surface area (Å²) in [5.74, 6) is 1.38. The standard InChI is InChI=1S/C15H19N3S/c1-11(2)14-16-15(19-17-14)18(13-8-9-13)10-12-6-4-3-5-7-12/h3-7,11,13H,8-10H2,1-2H3. The molecule has 0 aliphatic heterocycles. The number of hydrogen-bond acceptors (Lipinski definition) is 4. The molecule has 0 bridgehead atoms. The van der Waals surface area contributed by atoms with Gasteiger partial charge in [0.2, 0.25) is 5.13 Å². The Labute approximate surface area is 118 Å². The van der Waals surface area contributed by atoms with Crippen LogP contribution in [-0.4, -0.2) is 15.4 Å². The third-order valence-electron chi connectivity index (χ3n) is 3.38. The van der Waals surface area contributed by atoms with E-state index in [9.17, 15) is 0 Å². The second kappa shape index (κ2) is 5.29. The van der Waals surface area contributed by atoms with Gasteiger partial charge in [0.05, 0.1) is 0 Å². The van der Waals surface area contributed by atoms with E-state index >= 15 is 0 Å². The van der Waals surface area contributed by atoms with Gasteiger partial charge in [0.15, 0.2) is 0 Å². The van der Waals surface area contributed by atoms with Gasteiger partial charge in [-0.15, -0.1) is 0 Å². The Balaban J connectivity index is 1.80. The van der Waals surface area contributed by atoms with Crippen LogP contribution in [-0.2, 0) is 6.54 Å². The molecule has 1 fully saturated rings. The van der Waals surface area contributed by atoms with Gasteiger partial charge in [-0.1, -0.05) is 44.2 Å². The van der Waals surface area contributed by atoms with Crippen LogP contribution in [0, 0.1) is 0 Å². The molecule has 2 aromatic rings. The van der Waals surface area contributed by atoms with Gasteiger partial charge >= 0.3 is 0 Å². The molecule has 0 atom stereocenters. The minimum atomic E-state index is 0.405. The van der Waals surface area contributed by atoms with Gasteiger partial charge in [-0.3, -0.25) is 0 Å². The normalized spacial score (nSPS) is 14.9. The highest BCUT2D eigenvalue weighted by atomic mass is 32.1. The Morgan fingerprint density at radius 2 is 2.00 bits per heavy atom. The van der Waals surface area contributed by atoms with Crippen molar-refractivity contribution in [3.63, 3.8) is 0 Å². The number of anilines is 1. The molecule has 0 N–H and O–H groups in total. The molecule has 100 valence electrons. The van der Waals surface area contributed by atoms with E-state index in [0.717, 1.165) is 17.5 Å². The second-order valence-electron chi connectivity index (χ2n) is 5.43. The molecule has 0 saturated heterocycles. The summed E-state index contributed by atoms with van der Waals surface area (Å²) in [6.45, 7) is 5.23. The maximum atomic E-state index is 4.70. The van der Waals surface area contributed by atoms with Gasteiger partial charge < -0.3 is 4.90 Å². The third kappa shape index (κ3) is 2.95. The molecule has 0 unspecified atom stereocenters. The molecule has 19 heavy (non-hydrogen) atoms. The minimum Gasteiger partial charge on any atom is -0.340 e. The molecule has 3 rings (SSSR count). The summed E-state index contributed by atoms with van der Waals surface area (Å²) in [4.78, 5) is 7.12. The van der Waals surface area contributed by atoms with E-state index < -0.39 is 0 Å². The number of aromatic nitrogens is 2. The predicted octanol–water partition coefficient (Wildman–Crippen LogP) is 3.83. The van der Waals surface area contributed by atoms with Crippen molar-refractivity contribution in [3.8, 4) is 0 Å². The fraction of sp³-hybridized carbons (Fsp3) is 0.467. The zero-order valence-corrected chi connectivity index (χ0v) is 12.2. The van der Waals surface area contributed by atoms with Crippen LogP contribution in [0.1, 0.15) is 44.0 Å². The number of nitrogens with zero attached hydrogens (tertiary/aromatic N) is 3. The molecule has 0 spiro atoms. The minimum absolute atomic E-state index is 0.405. The van der Waals surface area contributed by atoms with Gasteiger partial charge in [0.25, 0.3) is 0 Å². The molecule has 3 nitrogen and oxygen atoms in total.